The Hall–Kier alpha value is -3.46. The average Bonchev–Trinajstić information content (AvgIpc) is 2.75. The highest BCUT2D eigenvalue weighted by molar-refractivity contribution is 5.82. The van der Waals surface area contributed by atoms with Gasteiger partial charge in [0.2, 0.25) is 0 Å². The number of hydrogen-bond donors (Lipinski definition) is 1. The molecule has 3 nitrogen and oxygen atoms in total. The molecule has 3 aromatic carbocycles. The number of hydrogen-bond acceptors (Lipinski definition) is 3. The third-order valence-corrected chi connectivity index (χ3v) is 4.78. The molecule has 0 unspecified atom stereocenters. The van der Waals surface area contributed by atoms with E-state index in [1.54, 1.807) is 0 Å². The van der Waals surface area contributed by atoms with Gasteiger partial charge in [0.15, 0.2) is 5.82 Å². The van der Waals surface area contributed by atoms with Gasteiger partial charge in [-0.1, -0.05) is 86.6 Å². The monoisotopic (exact) mass is 365 g/mol. The van der Waals surface area contributed by atoms with Crippen LogP contribution in [0.4, 0.5) is 11.5 Å². The molecule has 0 amide bonds. The number of nitrogens with one attached hydrogen (secondary N) is 1. The minimum absolute atomic E-state index is 0.517. The fourth-order valence-electron chi connectivity index (χ4n) is 3.20. The molecule has 0 fully saturated rings. The van der Waals surface area contributed by atoms with Crippen LogP contribution in [0.1, 0.15) is 25.3 Å². The van der Waals surface area contributed by atoms with E-state index >= 15 is 0 Å². The molecule has 0 spiro atoms. The van der Waals surface area contributed by atoms with Crippen molar-refractivity contribution >= 4 is 11.5 Å². The van der Waals surface area contributed by atoms with Gasteiger partial charge in [-0.25, -0.2) is 0 Å². The maximum atomic E-state index is 4.55. The van der Waals surface area contributed by atoms with E-state index in [0.717, 1.165) is 33.9 Å². The SMILES string of the molecule is CC(C)c1ccc(Nc2cc(-c3ccccc3)c(-c3ccccc3)nn2)cc1. The quantitative estimate of drug-likeness (QED) is 0.429. The van der Waals surface area contributed by atoms with Crippen LogP contribution in [-0.4, -0.2) is 10.2 Å². The van der Waals surface area contributed by atoms with Gasteiger partial charge in [0.1, 0.15) is 5.69 Å². The largest absolute Gasteiger partial charge is 0.339 e. The van der Waals surface area contributed by atoms with E-state index in [2.05, 4.69) is 84.0 Å². The molecular weight excluding hydrogens is 342 g/mol. The third-order valence-electron chi connectivity index (χ3n) is 4.78. The summed E-state index contributed by atoms with van der Waals surface area (Å²) in [5.41, 5.74) is 6.44. The van der Waals surface area contributed by atoms with Crippen LogP contribution in [-0.2, 0) is 0 Å². The van der Waals surface area contributed by atoms with Gasteiger partial charge >= 0.3 is 0 Å². The van der Waals surface area contributed by atoms with Crippen molar-refractivity contribution in [2.45, 2.75) is 19.8 Å². The lowest BCUT2D eigenvalue weighted by molar-refractivity contribution is 0.867. The lowest BCUT2D eigenvalue weighted by atomic mass is 10.00. The molecule has 0 saturated carbocycles. The first-order valence-electron chi connectivity index (χ1n) is 9.56. The summed E-state index contributed by atoms with van der Waals surface area (Å²) < 4.78 is 0. The molecule has 0 aliphatic heterocycles. The van der Waals surface area contributed by atoms with Crippen LogP contribution >= 0.6 is 0 Å². The van der Waals surface area contributed by atoms with E-state index in [1.807, 2.05) is 36.4 Å². The average molecular weight is 365 g/mol. The van der Waals surface area contributed by atoms with Crippen LogP contribution in [0, 0.1) is 0 Å². The van der Waals surface area contributed by atoms with Crippen molar-refractivity contribution in [2.24, 2.45) is 0 Å². The summed E-state index contributed by atoms with van der Waals surface area (Å²) in [6.07, 6.45) is 0. The first-order valence-corrected chi connectivity index (χ1v) is 9.56. The van der Waals surface area contributed by atoms with Crippen molar-refractivity contribution in [2.75, 3.05) is 5.32 Å². The Labute approximate surface area is 166 Å². The fourth-order valence-corrected chi connectivity index (χ4v) is 3.20. The highest BCUT2D eigenvalue weighted by Gasteiger charge is 2.12. The summed E-state index contributed by atoms with van der Waals surface area (Å²) in [5.74, 6) is 1.25. The van der Waals surface area contributed by atoms with Crippen LogP contribution < -0.4 is 5.32 Å². The number of aromatic nitrogens is 2. The molecule has 0 aliphatic rings. The third kappa shape index (κ3) is 3.94. The van der Waals surface area contributed by atoms with Crippen molar-refractivity contribution in [1.29, 1.82) is 0 Å². The second-order valence-corrected chi connectivity index (χ2v) is 7.13. The molecule has 1 N–H and O–H groups in total. The zero-order valence-corrected chi connectivity index (χ0v) is 16.1. The highest BCUT2D eigenvalue weighted by Crippen LogP contribution is 2.32. The van der Waals surface area contributed by atoms with Gasteiger partial charge in [0, 0.05) is 16.8 Å². The Kier molecular flexibility index (Phi) is 5.16. The lowest BCUT2D eigenvalue weighted by Crippen LogP contribution is -1.99. The summed E-state index contributed by atoms with van der Waals surface area (Å²) in [6, 6.07) is 31.0. The highest BCUT2D eigenvalue weighted by atomic mass is 15.2. The first-order chi connectivity index (χ1) is 13.7. The van der Waals surface area contributed by atoms with Gasteiger partial charge < -0.3 is 5.32 Å². The van der Waals surface area contributed by atoms with Crippen LogP contribution in [0.25, 0.3) is 22.4 Å². The van der Waals surface area contributed by atoms with Gasteiger partial charge in [0.05, 0.1) is 0 Å². The van der Waals surface area contributed by atoms with Crippen molar-refractivity contribution in [1.82, 2.24) is 10.2 Å². The van der Waals surface area contributed by atoms with E-state index in [4.69, 9.17) is 0 Å². The summed E-state index contributed by atoms with van der Waals surface area (Å²) in [4.78, 5) is 0. The Bertz CT molecular complexity index is 1040. The minimum atomic E-state index is 0.517. The smallest absolute Gasteiger partial charge is 0.153 e. The standard InChI is InChI=1S/C25H23N3/c1-18(2)19-13-15-22(16-14-19)26-24-17-23(20-9-5-3-6-10-20)25(28-27-24)21-11-7-4-8-12-21/h3-18H,1-2H3,(H,26,27). The molecule has 1 aromatic heterocycles. The van der Waals surface area contributed by atoms with Crippen LogP contribution in [0.3, 0.4) is 0 Å². The number of nitrogens with zero attached hydrogens (tertiary/aromatic N) is 2. The molecule has 0 aliphatic carbocycles. The number of rotatable bonds is 5. The van der Waals surface area contributed by atoms with Crippen molar-refractivity contribution in [3.05, 3.63) is 96.6 Å². The zero-order valence-electron chi connectivity index (χ0n) is 16.1. The first kappa shape index (κ1) is 17.9. The lowest BCUT2D eigenvalue weighted by Gasteiger charge is -2.12. The summed E-state index contributed by atoms with van der Waals surface area (Å²) in [5, 5.41) is 12.4. The maximum Gasteiger partial charge on any atom is 0.153 e. The molecule has 3 heteroatoms. The molecule has 0 bridgehead atoms. The molecule has 0 saturated heterocycles. The summed E-state index contributed by atoms with van der Waals surface area (Å²) >= 11 is 0. The van der Waals surface area contributed by atoms with Gasteiger partial charge in [-0.15, -0.1) is 10.2 Å². The van der Waals surface area contributed by atoms with E-state index in [1.165, 1.54) is 5.56 Å². The van der Waals surface area contributed by atoms with E-state index in [9.17, 15) is 0 Å². The van der Waals surface area contributed by atoms with E-state index in [-0.39, 0.29) is 0 Å². The summed E-state index contributed by atoms with van der Waals surface area (Å²) in [7, 11) is 0. The molecule has 28 heavy (non-hydrogen) atoms. The maximum absolute atomic E-state index is 4.55. The van der Waals surface area contributed by atoms with Gasteiger partial charge in [-0.2, -0.15) is 0 Å². The van der Waals surface area contributed by atoms with E-state index in [0.29, 0.717) is 5.92 Å². The molecule has 1 heterocycles. The predicted molar refractivity (Wildman–Crippen MR) is 117 cm³/mol. The minimum Gasteiger partial charge on any atom is -0.339 e. The molecule has 4 aromatic rings. The normalized spacial score (nSPS) is 10.8. The second kappa shape index (κ2) is 8.05. The molecule has 0 atom stereocenters. The van der Waals surface area contributed by atoms with E-state index < -0.39 is 0 Å². The van der Waals surface area contributed by atoms with Gasteiger partial charge in [-0.05, 0) is 35.2 Å². The fraction of sp³-hybridized carbons (Fsp3) is 0.120. The Balaban J connectivity index is 1.72. The molecule has 138 valence electrons. The Morgan fingerprint density at radius 2 is 1.29 bits per heavy atom. The zero-order chi connectivity index (χ0) is 19.3. The van der Waals surface area contributed by atoms with Crippen LogP contribution in [0.5, 0.6) is 0 Å². The number of anilines is 2. The Morgan fingerprint density at radius 3 is 1.89 bits per heavy atom. The van der Waals surface area contributed by atoms with Crippen molar-refractivity contribution < 1.29 is 0 Å². The predicted octanol–water partition coefficient (Wildman–Crippen LogP) is 6.68. The summed E-state index contributed by atoms with van der Waals surface area (Å²) in [6.45, 7) is 4.39. The van der Waals surface area contributed by atoms with Crippen molar-refractivity contribution in [3.8, 4) is 22.4 Å². The van der Waals surface area contributed by atoms with Crippen molar-refractivity contribution in [3.63, 3.8) is 0 Å². The number of benzene rings is 3. The Morgan fingerprint density at radius 1 is 0.679 bits per heavy atom. The molecule has 4 rings (SSSR count). The molecular formula is C25H23N3. The topological polar surface area (TPSA) is 37.8 Å². The van der Waals surface area contributed by atoms with Gasteiger partial charge in [-0.3, -0.25) is 0 Å². The van der Waals surface area contributed by atoms with Crippen LogP contribution in [0.2, 0.25) is 0 Å². The second-order valence-electron chi connectivity index (χ2n) is 7.13. The van der Waals surface area contributed by atoms with Crippen LogP contribution in [0.15, 0.2) is 91.0 Å². The van der Waals surface area contributed by atoms with Gasteiger partial charge in [0.25, 0.3) is 0 Å². The molecule has 0 radical (unpaired) electrons.